The van der Waals surface area contributed by atoms with Crippen LogP contribution in [0.5, 0.6) is 0 Å². The van der Waals surface area contributed by atoms with Gasteiger partial charge in [-0.2, -0.15) is 0 Å². The zero-order chi connectivity index (χ0) is 17.4. The van der Waals surface area contributed by atoms with E-state index in [-0.39, 0.29) is 5.78 Å². The number of carbonyl (C=O) groups excluding carboxylic acids is 1. The van der Waals surface area contributed by atoms with Crippen LogP contribution >= 0.6 is 0 Å². The van der Waals surface area contributed by atoms with Crippen molar-refractivity contribution >= 4 is 22.8 Å². The second kappa shape index (κ2) is 6.16. The Balaban J connectivity index is 1.63. The van der Waals surface area contributed by atoms with Crippen molar-refractivity contribution < 1.29 is 14.7 Å². The number of carboxylic acids is 1. The number of hydrogen-bond donors (Lipinski definition) is 1. The van der Waals surface area contributed by atoms with E-state index < -0.39 is 5.97 Å². The highest BCUT2D eigenvalue weighted by Gasteiger charge is 2.20. The molecule has 0 aliphatic carbocycles. The summed E-state index contributed by atoms with van der Waals surface area (Å²) in [7, 11) is 0. The van der Waals surface area contributed by atoms with E-state index in [0.29, 0.717) is 12.0 Å². The molecular formula is C20H18N2O3. The Kier molecular flexibility index (Phi) is 3.84. The third-order valence-electron chi connectivity index (χ3n) is 4.77. The fraction of sp³-hybridized carbons (Fsp3) is 0.250. The van der Waals surface area contributed by atoms with Crippen molar-refractivity contribution in [2.75, 3.05) is 0 Å². The SMILES string of the molecule is O=C(O)c1ccc(CCc2nc3cccc4c3n2CCCC4=O)cc1. The molecule has 1 N–H and O–H groups in total. The molecule has 5 heteroatoms. The van der Waals surface area contributed by atoms with Crippen molar-refractivity contribution in [3.05, 3.63) is 65.0 Å². The lowest BCUT2D eigenvalue weighted by atomic mass is 10.1. The van der Waals surface area contributed by atoms with Crippen molar-refractivity contribution in [3.8, 4) is 0 Å². The van der Waals surface area contributed by atoms with Gasteiger partial charge in [-0.15, -0.1) is 0 Å². The van der Waals surface area contributed by atoms with Gasteiger partial charge in [0.15, 0.2) is 5.78 Å². The van der Waals surface area contributed by atoms with Crippen LogP contribution < -0.4 is 0 Å². The average molecular weight is 334 g/mol. The number of rotatable bonds is 4. The summed E-state index contributed by atoms with van der Waals surface area (Å²) < 4.78 is 2.18. The van der Waals surface area contributed by atoms with Crippen LogP contribution in [0.4, 0.5) is 0 Å². The zero-order valence-electron chi connectivity index (χ0n) is 13.7. The molecule has 25 heavy (non-hydrogen) atoms. The van der Waals surface area contributed by atoms with E-state index in [1.54, 1.807) is 12.1 Å². The third kappa shape index (κ3) is 2.82. The van der Waals surface area contributed by atoms with Gasteiger partial charge in [0.25, 0.3) is 0 Å². The summed E-state index contributed by atoms with van der Waals surface area (Å²) in [6.07, 6.45) is 2.96. The summed E-state index contributed by atoms with van der Waals surface area (Å²) in [4.78, 5) is 27.9. The third-order valence-corrected chi connectivity index (χ3v) is 4.77. The summed E-state index contributed by atoms with van der Waals surface area (Å²) in [5.41, 5.74) is 3.99. The fourth-order valence-corrected chi connectivity index (χ4v) is 3.49. The number of Topliss-reactive ketones (excluding diaryl/α,β-unsaturated/α-hetero) is 1. The number of nitrogens with zero attached hydrogens (tertiary/aromatic N) is 2. The second-order valence-corrected chi connectivity index (χ2v) is 6.38. The molecular weight excluding hydrogens is 316 g/mol. The maximum absolute atomic E-state index is 12.3. The van der Waals surface area contributed by atoms with Crippen molar-refractivity contribution in [3.63, 3.8) is 0 Å². The monoisotopic (exact) mass is 334 g/mol. The topological polar surface area (TPSA) is 72.2 Å². The first-order valence-corrected chi connectivity index (χ1v) is 8.47. The van der Waals surface area contributed by atoms with Gasteiger partial charge in [0.05, 0.1) is 16.6 Å². The molecule has 0 saturated carbocycles. The van der Waals surface area contributed by atoms with Crippen molar-refractivity contribution in [2.45, 2.75) is 32.2 Å². The Bertz CT molecular complexity index is 971. The minimum Gasteiger partial charge on any atom is -0.478 e. The Hall–Kier alpha value is -2.95. The normalized spacial score (nSPS) is 13.8. The van der Waals surface area contributed by atoms with E-state index in [2.05, 4.69) is 4.57 Å². The van der Waals surface area contributed by atoms with Gasteiger partial charge in [0.2, 0.25) is 0 Å². The van der Waals surface area contributed by atoms with E-state index in [0.717, 1.165) is 53.8 Å². The lowest BCUT2D eigenvalue weighted by Crippen LogP contribution is -2.05. The van der Waals surface area contributed by atoms with E-state index in [9.17, 15) is 9.59 Å². The highest BCUT2D eigenvalue weighted by molar-refractivity contribution is 6.06. The van der Waals surface area contributed by atoms with E-state index >= 15 is 0 Å². The Morgan fingerprint density at radius 2 is 1.92 bits per heavy atom. The predicted molar refractivity (Wildman–Crippen MR) is 94.1 cm³/mol. The van der Waals surface area contributed by atoms with E-state index in [4.69, 9.17) is 10.1 Å². The Morgan fingerprint density at radius 1 is 1.12 bits per heavy atom. The number of hydrogen-bond acceptors (Lipinski definition) is 3. The largest absolute Gasteiger partial charge is 0.478 e. The highest BCUT2D eigenvalue weighted by Crippen LogP contribution is 2.26. The molecule has 5 nitrogen and oxygen atoms in total. The molecule has 1 aliphatic heterocycles. The number of benzene rings is 2. The van der Waals surface area contributed by atoms with Crippen LogP contribution in [0.15, 0.2) is 42.5 Å². The molecule has 3 aromatic rings. The molecule has 0 saturated heterocycles. The van der Waals surface area contributed by atoms with Crippen LogP contribution in [0, 0.1) is 0 Å². The molecule has 1 aliphatic rings. The van der Waals surface area contributed by atoms with Gasteiger partial charge in [0, 0.05) is 24.9 Å². The van der Waals surface area contributed by atoms with Crippen molar-refractivity contribution in [1.82, 2.24) is 9.55 Å². The summed E-state index contributed by atoms with van der Waals surface area (Å²) in [6, 6.07) is 12.7. The smallest absolute Gasteiger partial charge is 0.335 e. The van der Waals surface area contributed by atoms with Gasteiger partial charge in [-0.3, -0.25) is 4.79 Å². The highest BCUT2D eigenvalue weighted by atomic mass is 16.4. The van der Waals surface area contributed by atoms with Crippen LogP contribution in [0.2, 0.25) is 0 Å². The molecule has 0 bridgehead atoms. The van der Waals surface area contributed by atoms with Gasteiger partial charge >= 0.3 is 5.97 Å². The molecule has 1 aromatic heterocycles. The van der Waals surface area contributed by atoms with Crippen LogP contribution in [0.3, 0.4) is 0 Å². The number of carboxylic acid groups (broad SMARTS) is 1. The standard InChI is InChI=1S/C20H18N2O3/c23-17-5-2-12-22-18(21-16-4-1-3-15(17)19(16)22)11-8-13-6-9-14(10-7-13)20(24)25/h1,3-4,6-7,9-10H,2,5,8,11-12H2,(H,24,25). The molecule has 0 atom stereocenters. The number of aryl methyl sites for hydroxylation is 3. The minimum atomic E-state index is -0.913. The lowest BCUT2D eigenvalue weighted by Gasteiger charge is -2.07. The molecule has 0 amide bonds. The molecule has 4 rings (SSSR count). The van der Waals surface area contributed by atoms with Crippen LogP contribution in [0.25, 0.3) is 11.0 Å². The van der Waals surface area contributed by atoms with Crippen LogP contribution in [0.1, 0.15) is 44.9 Å². The van der Waals surface area contributed by atoms with Crippen LogP contribution in [-0.2, 0) is 19.4 Å². The van der Waals surface area contributed by atoms with E-state index in [1.165, 1.54) is 0 Å². The number of carbonyl (C=O) groups is 2. The van der Waals surface area contributed by atoms with Crippen LogP contribution in [-0.4, -0.2) is 26.4 Å². The Morgan fingerprint density at radius 3 is 2.68 bits per heavy atom. The maximum atomic E-state index is 12.3. The molecule has 126 valence electrons. The van der Waals surface area contributed by atoms with Gasteiger partial charge in [0.1, 0.15) is 5.82 Å². The number of aromatic nitrogens is 2. The lowest BCUT2D eigenvalue weighted by molar-refractivity contribution is 0.0696. The van der Waals surface area contributed by atoms with Gasteiger partial charge in [-0.05, 0) is 42.7 Å². The summed E-state index contributed by atoms with van der Waals surface area (Å²) in [6.45, 7) is 0.812. The quantitative estimate of drug-likeness (QED) is 0.792. The summed E-state index contributed by atoms with van der Waals surface area (Å²) >= 11 is 0. The first kappa shape index (κ1) is 15.6. The van der Waals surface area contributed by atoms with E-state index in [1.807, 2.05) is 30.3 Å². The molecule has 2 heterocycles. The van der Waals surface area contributed by atoms with Gasteiger partial charge in [-0.1, -0.05) is 18.2 Å². The number of aromatic carboxylic acids is 1. The van der Waals surface area contributed by atoms with Gasteiger partial charge in [-0.25, -0.2) is 9.78 Å². The Labute approximate surface area is 144 Å². The van der Waals surface area contributed by atoms with Crippen molar-refractivity contribution in [1.29, 1.82) is 0 Å². The number of ketones is 1. The number of para-hydroxylation sites is 1. The molecule has 2 aromatic carbocycles. The average Bonchev–Trinajstić information content (AvgIpc) is 2.88. The first-order valence-electron chi connectivity index (χ1n) is 8.47. The summed E-state index contributed by atoms with van der Waals surface area (Å²) in [5.74, 6) is 0.267. The second-order valence-electron chi connectivity index (χ2n) is 6.38. The number of imidazole rings is 1. The predicted octanol–water partition coefficient (Wildman–Crippen LogP) is 3.50. The molecule has 0 unspecified atom stereocenters. The fourth-order valence-electron chi connectivity index (χ4n) is 3.49. The summed E-state index contributed by atoms with van der Waals surface area (Å²) in [5, 5.41) is 8.97. The first-order chi connectivity index (χ1) is 12.1. The van der Waals surface area contributed by atoms with Crippen molar-refractivity contribution in [2.24, 2.45) is 0 Å². The van der Waals surface area contributed by atoms with Gasteiger partial charge < -0.3 is 9.67 Å². The molecule has 0 fully saturated rings. The maximum Gasteiger partial charge on any atom is 0.335 e. The molecule has 0 radical (unpaired) electrons. The minimum absolute atomic E-state index is 0.194. The molecule has 0 spiro atoms. The zero-order valence-corrected chi connectivity index (χ0v) is 13.7.